The van der Waals surface area contributed by atoms with Crippen molar-refractivity contribution in [2.75, 3.05) is 0 Å². The molecule has 0 unspecified atom stereocenters. The van der Waals surface area contributed by atoms with Gasteiger partial charge in [0.2, 0.25) is 17.6 Å². The first-order chi connectivity index (χ1) is 11.9. The van der Waals surface area contributed by atoms with Crippen LogP contribution in [-0.2, 0) is 44.8 Å². The number of aromatic nitrogens is 6. The van der Waals surface area contributed by atoms with E-state index in [9.17, 15) is 0 Å². The predicted octanol–water partition coefficient (Wildman–Crippen LogP) is 2.39. The van der Waals surface area contributed by atoms with E-state index >= 15 is 0 Å². The topological polar surface area (TPSA) is 149 Å². The molecule has 0 aromatic carbocycles. The Bertz CT molecular complexity index is 782. The van der Waals surface area contributed by atoms with Crippen LogP contribution in [0.2, 0.25) is 0 Å². The van der Waals surface area contributed by atoms with Crippen molar-refractivity contribution in [2.24, 2.45) is 0 Å². The first-order valence-electron chi connectivity index (χ1n) is 7.91. The van der Waals surface area contributed by atoms with E-state index in [0.29, 0.717) is 17.6 Å². The molecule has 6 N–H and O–H groups in total. The summed E-state index contributed by atoms with van der Waals surface area (Å²) in [6.45, 7) is 11.4. The maximum Gasteiger partial charge on any atom is 0.867 e. The van der Waals surface area contributed by atoms with Gasteiger partial charge in [0.25, 0.3) is 0 Å². The van der Waals surface area contributed by atoms with Crippen molar-refractivity contribution < 1.29 is 58.7 Å². The zero-order valence-electron chi connectivity index (χ0n) is 16.5. The van der Waals surface area contributed by atoms with Crippen molar-refractivity contribution in [2.45, 2.75) is 41.5 Å². The van der Waals surface area contributed by atoms with Crippen LogP contribution in [0, 0.1) is 41.5 Å². The number of aromatic amines is 3. The minimum absolute atomic E-state index is 0. The molecule has 3 aromatic heterocycles. The molecule has 28 heavy (non-hydrogen) atoms. The molecule has 0 aliphatic rings. The molecule has 0 fully saturated rings. The molecule has 0 bridgehead atoms. The summed E-state index contributed by atoms with van der Waals surface area (Å²) >= 11 is 0. The van der Waals surface area contributed by atoms with E-state index in [1.807, 2.05) is 41.5 Å². The van der Waals surface area contributed by atoms with Crippen molar-refractivity contribution in [3.8, 4) is 17.6 Å². The zero-order chi connectivity index (χ0) is 18.1. The normalized spacial score (nSPS) is 9.64. The average Bonchev–Trinajstić information content (AvgIpc) is 3.18. The van der Waals surface area contributed by atoms with Gasteiger partial charge in [-0.15, -0.1) is 15.3 Å². The molecular weight excluding hydrogens is 553 g/mol. The quantitative estimate of drug-likeness (QED) is 0.329. The fourth-order valence-electron chi connectivity index (χ4n) is 2.08. The summed E-state index contributed by atoms with van der Waals surface area (Å²) in [4.78, 5) is 0. The third kappa shape index (κ3) is 5.54. The molecule has 162 valence electrons. The molecule has 2 radical (unpaired) electrons. The summed E-state index contributed by atoms with van der Waals surface area (Å²) in [7, 11) is -1.09. The Morgan fingerprint density at radius 2 is 0.821 bits per heavy atom. The molecule has 3 heterocycles. The SMILES string of the molecule is Cc1[nH]nc(OB(Oc2n[nH]c(C)c2C)Oc2n[nH]c(C)c2C)c1C.N.[Ag].[Ag]. The number of rotatable bonds is 6. The van der Waals surface area contributed by atoms with Crippen LogP contribution in [0.3, 0.4) is 0 Å². The van der Waals surface area contributed by atoms with Gasteiger partial charge in [-0.05, 0) is 41.5 Å². The Labute approximate surface area is 195 Å². The van der Waals surface area contributed by atoms with Gasteiger partial charge < -0.3 is 20.1 Å². The third-order valence-electron chi connectivity index (χ3n) is 4.25. The second kappa shape index (κ2) is 10.9. The summed E-state index contributed by atoms with van der Waals surface area (Å²) < 4.78 is 17.4. The van der Waals surface area contributed by atoms with E-state index in [-0.39, 0.29) is 50.9 Å². The number of aryl methyl sites for hydroxylation is 3. The summed E-state index contributed by atoms with van der Waals surface area (Å²) in [5.74, 6) is 1.20. The van der Waals surface area contributed by atoms with Crippen LogP contribution in [-0.4, -0.2) is 37.9 Å². The van der Waals surface area contributed by atoms with E-state index in [0.717, 1.165) is 33.8 Å². The van der Waals surface area contributed by atoms with Crippen molar-refractivity contribution in [3.05, 3.63) is 33.8 Å². The van der Waals surface area contributed by atoms with Gasteiger partial charge >= 0.3 is 7.32 Å². The monoisotopic (exact) mass is 575 g/mol. The smallest absolute Gasteiger partial charge is 0.473 e. The first-order valence-corrected chi connectivity index (χ1v) is 7.91. The Kier molecular flexibility index (Phi) is 10.3. The van der Waals surface area contributed by atoms with E-state index in [2.05, 4.69) is 30.6 Å². The number of H-pyrrole nitrogens is 3. The molecular formula is C15H24Ag2BN7O3. The van der Waals surface area contributed by atoms with Crippen molar-refractivity contribution in [1.82, 2.24) is 36.7 Å². The molecule has 0 atom stereocenters. The number of nitrogens with zero attached hydrogens (tertiary/aromatic N) is 3. The number of hydrogen-bond acceptors (Lipinski definition) is 7. The van der Waals surface area contributed by atoms with E-state index in [1.54, 1.807) is 0 Å². The molecule has 0 saturated carbocycles. The zero-order valence-corrected chi connectivity index (χ0v) is 19.4. The van der Waals surface area contributed by atoms with Gasteiger partial charge in [-0.3, -0.25) is 15.3 Å². The Morgan fingerprint density at radius 1 is 0.571 bits per heavy atom. The maximum atomic E-state index is 5.81. The summed E-state index contributed by atoms with van der Waals surface area (Å²) in [5.41, 5.74) is 5.36. The summed E-state index contributed by atoms with van der Waals surface area (Å²) in [6.07, 6.45) is 0. The Morgan fingerprint density at radius 3 is 1.00 bits per heavy atom. The van der Waals surface area contributed by atoms with Crippen molar-refractivity contribution in [1.29, 1.82) is 0 Å². The van der Waals surface area contributed by atoms with Gasteiger partial charge in [-0.2, -0.15) is 0 Å². The molecule has 0 amide bonds. The molecule has 0 spiro atoms. The largest absolute Gasteiger partial charge is 0.867 e. The second-order valence-electron chi connectivity index (χ2n) is 5.98. The Hall–Kier alpha value is -1.46. The van der Waals surface area contributed by atoms with Crippen LogP contribution >= 0.6 is 0 Å². The number of hydrogen-bond donors (Lipinski definition) is 4. The fourth-order valence-corrected chi connectivity index (χ4v) is 2.08. The third-order valence-corrected chi connectivity index (χ3v) is 4.25. The van der Waals surface area contributed by atoms with Gasteiger partial charge in [0.05, 0.1) is 0 Å². The van der Waals surface area contributed by atoms with Crippen LogP contribution in [0.15, 0.2) is 0 Å². The van der Waals surface area contributed by atoms with Crippen LogP contribution in [0.1, 0.15) is 33.8 Å². The van der Waals surface area contributed by atoms with Crippen LogP contribution < -0.4 is 20.1 Å². The summed E-state index contributed by atoms with van der Waals surface area (Å²) in [6, 6.07) is 0. The van der Waals surface area contributed by atoms with Gasteiger partial charge in [0.1, 0.15) is 0 Å². The summed E-state index contributed by atoms with van der Waals surface area (Å²) in [5, 5.41) is 21.0. The van der Waals surface area contributed by atoms with Crippen LogP contribution in [0.5, 0.6) is 17.6 Å². The van der Waals surface area contributed by atoms with Crippen molar-refractivity contribution >= 4 is 7.32 Å². The van der Waals surface area contributed by atoms with Gasteiger partial charge in [-0.25, -0.2) is 0 Å². The van der Waals surface area contributed by atoms with Gasteiger partial charge in [0, 0.05) is 78.5 Å². The standard InChI is InChI=1S/C15H21BN6O3.2Ag.H3N/c1-7-10(4)17-20-13(7)23-16(24-14-8(2)11(5)18-21-14)25-15-9(3)12(6)19-22-15;;;/h1-6H3,(H,17,20)(H,18,21)(H,19,22);;;1H3. The maximum absolute atomic E-state index is 5.81. The van der Waals surface area contributed by atoms with E-state index in [1.165, 1.54) is 0 Å². The number of nitrogens with one attached hydrogen (secondary N) is 3. The molecule has 0 aliphatic carbocycles. The second-order valence-corrected chi connectivity index (χ2v) is 5.98. The van der Waals surface area contributed by atoms with Gasteiger partial charge in [0.15, 0.2) is 0 Å². The van der Waals surface area contributed by atoms with E-state index in [4.69, 9.17) is 14.0 Å². The molecule has 0 aliphatic heterocycles. The van der Waals surface area contributed by atoms with Gasteiger partial charge in [-0.1, -0.05) is 0 Å². The Balaban J connectivity index is 0.00000243. The molecule has 0 saturated heterocycles. The van der Waals surface area contributed by atoms with Crippen LogP contribution in [0.4, 0.5) is 0 Å². The fraction of sp³-hybridized carbons (Fsp3) is 0.400. The van der Waals surface area contributed by atoms with Crippen molar-refractivity contribution in [3.63, 3.8) is 0 Å². The minimum Gasteiger partial charge on any atom is -0.473 e. The van der Waals surface area contributed by atoms with E-state index < -0.39 is 7.32 Å². The molecule has 3 aromatic rings. The van der Waals surface area contributed by atoms with Crippen LogP contribution in [0.25, 0.3) is 0 Å². The minimum atomic E-state index is -1.09. The molecule has 13 heteroatoms. The molecule has 10 nitrogen and oxygen atoms in total. The predicted molar refractivity (Wildman–Crippen MR) is 96.8 cm³/mol. The average molecular weight is 577 g/mol. The first kappa shape index (κ1) is 26.5. The molecule has 3 rings (SSSR count).